The third kappa shape index (κ3) is 3.08. The van der Waals surface area contributed by atoms with Crippen molar-refractivity contribution in [2.45, 2.75) is 44.2 Å². The predicted molar refractivity (Wildman–Crippen MR) is 108 cm³/mol. The van der Waals surface area contributed by atoms with Gasteiger partial charge >= 0.3 is 0 Å². The number of para-hydroxylation sites is 2. The minimum absolute atomic E-state index is 0.0226. The van der Waals surface area contributed by atoms with Crippen molar-refractivity contribution in [2.75, 3.05) is 32.8 Å². The number of hydrogen-bond acceptors (Lipinski definition) is 5. The monoisotopic (exact) mass is 396 g/mol. The highest BCUT2D eigenvalue weighted by atomic mass is 16.6. The number of rotatable bonds is 3. The number of nitrogens with zero attached hydrogens (tertiary/aromatic N) is 3. The molecule has 1 aromatic carbocycles. The molecule has 3 aliphatic rings. The third-order valence-corrected chi connectivity index (χ3v) is 6.58. The van der Waals surface area contributed by atoms with Crippen molar-refractivity contribution in [2.24, 2.45) is 0 Å². The van der Waals surface area contributed by atoms with E-state index in [4.69, 9.17) is 14.5 Å². The summed E-state index contributed by atoms with van der Waals surface area (Å²) < 4.78 is 11.7. The number of ether oxygens (including phenoxy) is 2. The van der Waals surface area contributed by atoms with Crippen molar-refractivity contribution in [1.82, 2.24) is 19.8 Å². The molecule has 154 valence electrons. The Hall–Kier alpha value is -2.54. The zero-order chi connectivity index (χ0) is 19.8. The Morgan fingerprint density at radius 1 is 1.24 bits per heavy atom. The minimum atomic E-state index is -0.571. The molecule has 7 nitrogen and oxygen atoms in total. The van der Waals surface area contributed by atoms with Gasteiger partial charge in [-0.2, -0.15) is 0 Å². The third-order valence-electron chi connectivity index (χ3n) is 6.58. The molecular formula is C22H28N4O3. The second-order valence-corrected chi connectivity index (χ2v) is 8.19. The number of likely N-dealkylation sites (tertiary alicyclic amines) is 1. The fraction of sp³-hybridized carbons (Fsp3) is 0.545. The van der Waals surface area contributed by atoms with Crippen LogP contribution in [-0.4, -0.2) is 64.6 Å². The van der Waals surface area contributed by atoms with Crippen LogP contribution >= 0.6 is 0 Å². The van der Waals surface area contributed by atoms with Crippen LogP contribution in [0.4, 0.5) is 0 Å². The number of benzene rings is 1. The van der Waals surface area contributed by atoms with E-state index in [1.165, 1.54) is 11.4 Å². The normalized spacial score (nSPS) is 23.1. The van der Waals surface area contributed by atoms with Crippen LogP contribution < -0.4 is 9.47 Å². The van der Waals surface area contributed by atoms with Gasteiger partial charge < -0.3 is 19.4 Å². The van der Waals surface area contributed by atoms with E-state index in [1.807, 2.05) is 35.5 Å². The standard InChI is InChI=1S/C22H28N4O3/c1-2-10-26-11-7-16-20(24-15-23-16)22(26)8-12-25(13-9-22)21(27)19-14-28-17-5-3-4-6-18(17)29-19/h3-6,15,19H,2,7-14H2,1H3,(H,23,24)/t19-/m0/s1. The fourth-order valence-electron chi connectivity index (χ4n) is 5.11. The topological polar surface area (TPSA) is 70.7 Å². The first-order valence-electron chi connectivity index (χ1n) is 10.7. The number of nitrogens with one attached hydrogen (secondary N) is 1. The van der Waals surface area contributed by atoms with Crippen LogP contribution in [0.5, 0.6) is 11.5 Å². The van der Waals surface area contributed by atoms with E-state index in [0.717, 1.165) is 38.8 Å². The van der Waals surface area contributed by atoms with E-state index in [1.54, 1.807) is 0 Å². The van der Waals surface area contributed by atoms with Crippen molar-refractivity contribution in [1.29, 1.82) is 0 Å². The largest absolute Gasteiger partial charge is 0.485 e. The van der Waals surface area contributed by atoms with Gasteiger partial charge in [0.1, 0.15) is 6.61 Å². The van der Waals surface area contributed by atoms with Gasteiger partial charge in [0.2, 0.25) is 6.10 Å². The van der Waals surface area contributed by atoms with Crippen LogP contribution in [-0.2, 0) is 16.8 Å². The smallest absolute Gasteiger partial charge is 0.267 e. The fourth-order valence-corrected chi connectivity index (χ4v) is 5.11. The Kier molecular flexibility index (Phi) is 4.70. The Morgan fingerprint density at radius 2 is 2.03 bits per heavy atom. The van der Waals surface area contributed by atoms with Gasteiger partial charge in [-0.1, -0.05) is 19.1 Å². The molecule has 1 spiro atoms. The lowest BCUT2D eigenvalue weighted by atomic mass is 9.78. The number of amides is 1. The van der Waals surface area contributed by atoms with Crippen LogP contribution in [0, 0.1) is 0 Å². The summed E-state index contributed by atoms with van der Waals surface area (Å²) in [4.78, 5) is 25.7. The average molecular weight is 396 g/mol. The van der Waals surface area contributed by atoms with Crippen molar-refractivity contribution in [3.63, 3.8) is 0 Å². The van der Waals surface area contributed by atoms with E-state index >= 15 is 0 Å². The molecule has 1 amide bonds. The maximum Gasteiger partial charge on any atom is 0.267 e. The predicted octanol–water partition coefficient (Wildman–Crippen LogP) is 2.34. The Labute approximate surface area is 171 Å². The van der Waals surface area contributed by atoms with Gasteiger partial charge in [-0.25, -0.2) is 4.98 Å². The summed E-state index contributed by atoms with van der Waals surface area (Å²) in [7, 11) is 0. The minimum Gasteiger partial charge on any atom is -0.485 e. The zero-order valence-electron chi connectivity index (χ0n) is 16.9. The molecule has 4 heterocycles. The SMILES string of the molecule is CCCN1CCc2[nH]cnc2C12CCN(C(=O)[C@@H]1COc3ccccc3O1)CC2. The highest BCUT2D eigenvalue weighted by Crippen LogP contribution is 2.42. The Bertz CT molecular complexity index is 888. The summed E-state index contributed by atoms with van der Waals surface area (Å²) in [6, 6.07) is 7.52. The quantitative estimate of drug-likeness (QED) is 0.862. The molecular weight excluding hydrogens is 368 g/mol. The first-order chi connectivity index (χ1) is 14.2. The van der Waals surface area contributed by atoms with Crippen LogP contribution in [0.1, 0.15) is 37.6 Å². The molecule has 1 atom stereocenters. The summed E-state index contributed by atoms with van der Waals surface area (Å²) in [5.41, 5.74) is 2.39. The Morgan fingerprint density at radius 3 is 2.83 bits per heavy atom. The second kappa shape index (κ2) is 7.37. The van der Waals surface area contributed by atoms with Gasteiger partial charge in [-0.15, -0.1) is 0 Å². The number of H-pyrrole nitrogens is 1. The van der Waals surface area contributed by atoms with Crippen molar-refractivity contribution < 1.29 is 14.3 Å². The molecule has 1 aromatic heterocycles. The van der Waals surface area contributed by atoms with Crippen molar-refractivity contribution in [3.05, 3.63) is 42.0 Å². The van der Waals surface area contributed by atoms with Crippen LogP contribution in [0.25, 0.3) is 0 Å². The molecule has 0 aliphatic carbocycles. The number of aromatic amines is 1. The molecule has 0 bridgehead atoms. The van der Waals surface area contributed by atoms with E-state index in [9.17, 15) is 4.79 Å². The molecule has 0 radical (unpaired) electrons. The molecule has 5 rings (SSSR count). The maximum atomic E-state index is 13.1. The molecule has 1 N–H and O–H groups in total. The maximum absolute atomic E-state index is 13.1. The summed E-state index contributed by atoms with van der Waals surface area (Å²) in [6.45, 7) is 6.04. The van der Waals surface area contributed by atoms with Gasteiger partial charge in [-0.3, -0.25) is 9.69 Å². The van der Waals surface area contributed by atoms with E-state index in [-0.39, 0.29) is 18.1 Å². The number of piperidine rings is 1. The number of carbonyl (C=O) groups excluding carboxylic acids is 1. The van der Waals surface area contributed by atoms with Gasteiger partial charge in [-0.05, 0) is 37.9 Å². The van der Waals surface area contributed by atoms with Crippen LogP contribution in [0.15, 0.2) is 30.6 Å². The van der Waals surface area contributed by atoms with Crippen LogP contribution in [0.3, 0.4) is 0 Å². The van der Waals surface area contributed by atoms with Crippen molar-refractivity contribution >= 4 is 5.91 Å². The molecule has 3 aliphatic heterocycles. The number of imidazole rings is 1. The lowest BCUT2D eigenvalue weighted by Gasteiger charge is -2.50. The number of fused-ring (bicyclic) bond motifs is 3. The van der Waals surface area contributed by atoms with Gasteiger partial charge in [0.25, 0.3) is 5.91 Å². The molecule has 7 heteroatoms. The summed E-state index contributed by atoms with van der Waals surface area (Å²) in [5.74, 6) is 1.38. The molecule has 29 heavy (non-hydrogen) atoms. The number of hydrogen-bond donors (Lipinski definition) is 1. The summed E-state index contributed by atoms with van der Waals surface area (Å²) in [6.07, 6.45) is 5.20. The summed E-state index contributed by atoms with van der Waals surface area (Å²) in [5, 5.41) is 0. The molecule has 1 fully saturated rings. The second-order valence-electron chi connectivity index (χ2n) is 8.19. The van der Waals surface area contributed by atoms with Gasteiger partial charge in [0.15, 0.2) is 11.5 Å². The highest BCUT2D eigenvalue weighted by molar-refractivity contribution is 5.82. The average Bonchev–Trinajstić information content (AvgIpc) is 3.26. The highest BCUT2D eigenvalue weighted by Gasteiger charge is 2.47. The van der Waals surface area contributed by atoms with Crippen molar-refractivity contribution in [3.8, 4) is 11.5 Å². The first-order valence-corrected chi connectivity index (χ1v) is 10.7. The molecule has 2 aromatic rings. The summed E-state index contributed by atoms with van der Waals surface area (Å²) >= 11 is 0. The van der Waals surface area contributed by atoms with Gasteiger partial charge in [0.05, 0.1) is 17.6 Å². The van der Waals surface area contributed by atoms with Crippen LogP contribution in [0.2, 0.25) is 0 Å². The lowest BCUT2D eigenvalue weighted by molar-refractivity contribution is -0.144. The molecule has 0 unspecified atom stereocenters. The zero-order valence-corrected chi connectivity index (χ0v) is 16.9. The van der Waals surface area contributed by atoms with Gasteiger partial charge in [0, 0.05) is 31.7 Å². The number of aromatic nitrogens is 2. The lowest BCUT2D eigenvalue weighted by Crippen LogP contribution is -2.58. The van der Waals surface area contributed by atoms with E-state index < -0.39 is 6.10 Å². The Balaban J connectivity index is 1.31. The molecule has 1 saturated heterocycles. The van der Waals surface area contributed by atoms with E-state index in [2.05, 4.69) is 16.8 Å². The molecule has 0 saturated carbocycles. The number of carbonyl (C=O) groups is 1. The van der Waals surface area contributed by atoms with E-state index in [0.29, 0.717) is 24.6 Å². The first kappa shape index (κ1) is 18.5.